The lowest BCUT2D eigenvalue weighted by atomic mass is 10.1. The topological polar surface area (TPSA) is 23.8 Å². The van der Waals surface area contributed by atoms with Crippen LogP contribution in [0.3, 0.4) is 0 Å². The molecule has 0 atom stereocenters. The highest BCUT2D eigenvalue weighted by atomic mass is 79.9. The number of nitriles is 1. The molecule has 0 N–H and O–H groups in total. The lowest BCUT2D eigenvalue weighted by Crippen LogP contribution is -1.87. The molecule has 0 fully saturated rings. The Morgan fingerprint density at radius 1 is 1.46 bits per heavy atom. The molecule has 0 saturated carbocycles. The first-order chi connectivity index (χ1) is 6.27. The second-order valence-electron chi connectivity index (χ2n) is 2.72. The monoisotopic (exact) mass is 241 g/mol. The highest BCUT2D eigenvalue weighted by Crippen LogP contribution is 2.20. The van der Waals surface area contributed by atoms with E-state index in [9.17, 15) is 4.39 Å². The molecule has 0 heterocycles. The van der Waals surface area contributed by atoms with Crippen LogP contribution >= 0.6 is 15.9 Å². The second kappa shape index (κ2) is 4.98. The molecule has 1 aromatic rings. The minimum Gasteiger partial charge on any atom is -0.246 e. The fourth-order valence-corrected chi connectivity index (χ4v) is 1.59. The number of hydrogen-bond acceptors (Lipinski definition) is 1. The number of nitrogens with zero attached hydrogens (tertiary/aromatic N) is 1. The van der Waals surface area contributed by atoms with E-state index in [1.165, 1.54) is 0 Å². The van der Waals surface area contributed by atoms with Crippen LogP contribution < -0.4 is 0 Å². The Hall–Kier alpha value is -0.880. The van der Waals surface area contributed by atoms with Gasteiger partial charge in [-0.2, -0.15) is 5.26 Å². The summed E-state index contributed by atoms with van der Waals surface area (Å²) in [5.41, 5.74) is 1.71. The summed E-state index contributed by atoms with van der Waals surface area (Å²) in [4.78, 5) is 0. The molecule has 1 aromatic carbocycles. The van der Waals surface area contributed by atoms with Crippen molar-refractivity contribution in [1.29, 1.82) is 5.26 Å². The first-order valence-corrected chi connectivity index (χ1v) is 4.77. The molecule has 0 unspecified atom stereocenters. The molecule has 0 spiro atoms. The normalized spacial score (nSPS) is 9.62. The van der Waals surface area contributed by atoms with E-state index in [4.69, 9.17) is 5.26 Å². The number of benzene rings is 1. The summed E-state index contributed by atoms with van der Waals surface area (Å²) in [6.07, 6.45) is 1.23. The van der Waals surface area contributed by atoms with Crippen LogP contribution in [-0.4, -0.2) is 0 Å². The van der Waals surface area contributed by atoms with Crippen molar-refractivity contribution in [3.8, 4) is 6.07 Å². The molecule has 1 rings (SSSR count). The maximum atomic E-state index is 12.3. The second-order valence-corrected chi connectivity index (χ2v) is 3.57. The molecule has 13 heavy (non-hydrogen) atoms. The minimum atomic E-state index is -0.459. The molecule has 0 saturated heterocycles. The fourth-order valence-electron chi connectivity index (χ4n) is 1.05. The van der Waals surface area contributed by atoms with Gasteiger partial charge in [-0.15, -0.1) is 0 Å². The van der Waals surface area contributed by atoms with Gasteiger partial charge in [0, 0.05) is 10.9 Å². The van der Waals surface area contributed by atoms with Gasteiger partial charge >= 0.3 is 0 Å². The van der Waals surface area contributed by atoms with Gasteiger partial charge in [-0.25, -0.2) is 4.39 Å². The van der Waals surface area contributed by atoms with Crippen LogP contribution in [0.4, 0.5) is 4.39 Å². The molecule has 0 amide bonds. The highest BCUT2D eigenvalue weighted by Gasteiger charge is 2.00. The number of rotatable bonds is 3. The third-order valence-corrected chi connectivity index (χ3v) is 2.53. The first-order valence-electron chi connectivity index (χ1n) is 3.98. The van der Waals surface area contributed by atoms with E-state index in [0.29, 0.717) is 12.0 Å². The minimum absolute atomic E-state index is 0.459. The summed E-state index contributed by atoms with van der Waals surface area (Å²) < 4.78 is 13.1. The van der Waals surface area contributed by atoms with Crippen LogP contribution in [0.25, 0.3) is 0 Å². The van der Waals surface area contributed by atoms with E-state index in [1.54, 1.807) is 6.07 Å². The summed E-state index contributed by atoms with van der Waals surface area (Å²) in [6, 6.07) is 7.55. The van der Waals surface area contributed by atoms with Crippen molar-refractivity contribution in [3.05, 3.63) is 33.8 Å². The van der Waals surface area contributed by atoms with E-state index in [-0.39, 0.29) is 0 Å². The quantitative estimate of drug-likeness (QED) is 0.797. The molecular weight excluding hydrogens is 233 g/mol. The Labute approximate surface area is 85.3 Å². The van der Waals surface area contributed by atoms with E-state index in [2.05, 4.69) is 22.0 Å². The summed E-state index contributed by atoms with van der Waals surface area (Å²) in [5, 5.41) is 8.38. The molecule has 0 aromatic heterocycles. The zero-order chi connectivity index (χ0) is 9.68. The highest BCUT2D eigenvalue weighted by molar-refractivity contribution is 9.10. The van der Waals surface area contributed by atoms with Crippen LogP contribution in [0.15, 0.2) is 22.7 Å². The van der Waals surface area contributed by atoms with Crippen molar-refractivity contribution in [2.75, 3.05) is 0 Å². The zero-order valence-corrected chi connectivity index (χ0v) is 8.64. The van der Waals surface area contributed by atoms with Crippen molar-refractivity contribution in [1.82, 2.24) is 0 Å². The van der Waals surface area contributed by atoms with Gasteiger partial charge < -0.3 is 0 Å². The van der Waals surface area contributed by atoms with Crippen LogP contribution in [0.2, 0.25) is 0 Å². The van der Waals surface area contributed by atoms with Crippen molar-refractivity contribution < 1.29 is 4.39 Å². The summed E-state index contributed by atoms with van der Waals surface area (Å²) in [5.74, 6) is 0. The number of hydrogen-bond donors (Lipinski definition) is 0. The van der Waals surface area contributed by atoms with Crippen molar-refractivity contribution in [3.63, 3.8) is 0 Å². The predicted molar refractivity (Wildman–Crippen MR) is 52.9 cm³/mol. The summed E-state index contributed by atoms with van der Waals surface area (Å²) >= 11 is 3.28. The van der Waals surface area contributed by atoms with Crippen LogP contribution in [0.5, 0.6) is 0 Å². The molecule has 0 bridgehead atoms. The molecular formula is C10H9BrFN. The molecule has 3 heteroatoms. The summed E-state index contributed by atoms with van der Waals surface area (Å²) in [6.45, 7) is -0.459. The van der Waals surface area contributed by atoms with Gasteiger partial charge in [-0.3, -0.25) is 0 Å². The van der Waals surface area contributed by atoms with Crippen molar-refractivity contribution in [2.24, 2.45) is 0 Å². The smallest absolute Gasteiger partial charge is 0.116 e. The number of halogens is 2. The Balaban J connectivity index is 2.78. The molecule has 0 aliphatic rings. The Kier molecular flexibility index (Phi) is 3.91. The van der Waals surface area contributed by atoms with Gasteiger partial charge in [0.1, 0.15) is 6.67 Å². The van der Waals surface area contributed by atoms with Crippen molar-refractivity contribution >= 4 is 15.9 Å². The zero-order valence-electron chi connectivity index (χ0n) is 7.06. The third-order valence-electron chi connectivity index (χ3n) is 1.79. The van der Waals surface area contributed by atoms with Gasteiger partial charge in [0.15, 0.2) is 0 Å². The fraction of sp³-hybridized carbons (Fsp3) is 0.300. The number of aryl methyl sites for hydroxylation is 1. The van der Waals surface area contributed by atoms with Crippen molar-refractivity contribution in [2.45, 2.75) is 19.5 Å². The maximum absolute atomic E-state index is 12.3. The maximum Gasteiger partial charge on any atom is 0.116 e. The van der Waals surface area contributed by atoms with Gasteiger partial charge in [-0.05, 0) is 23.6 Å². The van der Waals surface area contributed by atoms with Gasteiger partial charge in [0.05, 0.1) is 6.07 Å². The van der Waals surface area contributed by atoms with E-state index in [1.807, 2.05) is 12.1 Å². The molecule has 0 aliphatic carbocycles. The average Bonchev–Trinajstić information content (AvgIpc) is 2.15. The SMILES string of the molecule is N#CCCc1ccc(CF)c(Br)c1. The average molecular weight is 242 g/mol. The Morgan fingerprint density at radius 3 is 2.77 bits per heavy atom. The Bertz CT molecular complexity index is 330. The van der Waals surface area contributed by atoms with E-state index >= 15 is 0 Å². The van der Waals surface area contributed by atoms with Gasteiger partial charge in [0.25, 0.3) is 0 Å². The molecule has 0 aliphatic heterocycles. The number of alkyl halides is 1. The largest absolute Gasteiger partial charge is 0.246 e. The lowest BCUT2D eigenvalue weighted by Gasteiger charge is -2.02. The lowest BCUT2D eigenvalue weighted by molar-refractivity contribution is 0.484. The first kappa shape index (κ1) is 10.2. The van der Waals surface area contributed by atoms with Gasteiger partial charge in [0.2, 0.25) is 0 Å². The Morgan fingerprint density at radius 2 is 2.23 bits per heavy atom. The predicted octanol–water partition coefficient (Wildman–Crippen LogP) is 3.37. The van der Waals surface area contributed by atoms with Crippen LogP contribution in [0, 0.1) is 11.3 Å². The van der Waals surface area contributed by atoms with Gasteiger partial charge in [-0.1, -0.05) is 28.1 Å². The third kappa shape index (κ3) is 2.82. The molecule has 0 radical (unpaired) electrons. The van der Waals surface area contributed by atoms with Crippen LogP contribution in [-0.2, 0) is 13.1 Å². The summed E-state index contributed by atoms with van der Waals surface area (Å²) in [7, 11) is 0. The molecule has 68 valence electrons. The standard InChI is InChI=1S/C10H9BrFN/c11-10-6-8(2-1-5-13)3-4-9(10)7-12/h3-4,6H,1-2,7H2. The van der Waals surface area contributed by atoms with Crippen LogP contribution in [0.1, 0.15) is 17.5 Å². The molecule has 1 nitrogen and oxygen atoms in total. The van der Waals surface area contributed by atoms with E-state index < -0.39 is 6.67 Å². The van der Waals surface area contributed by atoms with E-state index in [0.717, 1.165) is 16.5 Å².